The Kier molecular flexibility index (Phi) is 7.01. The van der Waals surface area contributed by atoms with Crippen molar-refractivity contribution in [3.63, 3.8) is 0 Å². The molecule has 164 valence electrons. The molecule has 0 aliphatic carbocycles. The summed E-state index contributed by atoms with van der Waals surface area (Å²) in [5.41, 5.74) is 2.03. The zero-order valence-electron chi connectivity index (χ0n) is 18.4. The topological polar surface area (TPSA) is 74.5 Å². The first-order valence-corrected chi connectivity index (χ1v) is 10.6. The molecule has 3 rings (SSSR count). The Balaban J connectivity index is 1.72. The SMILES string of the molecule is CC(C)Oc1ccc(-c2nc(-c3cccc(CCC(=O)OC(C)(C)C)c3)no2)cc1Cl. The van der Waals surface area contributed by atoms with Gasteiger partial charge in [-0.15, -0.1) is 0 Å². The normalized spacial score (nSPS) is 11.6. The lowest BCUT2D eigenvalue weighted by molar-refractivity contribution is -0.154. The minimum Gasteiger partial charge on any atom is -0.489 e. The van der Waals surface area contributed by atoms with Crippen LogP contribution in [-0.4, -0.2) is 27.8 Å². The van der Waals surface area contributed by atoms with Gasteiger partial charge in [-0.05, 0) is 70.9 Å². The maximum Gasteiger partial charge on any atom is 0.306 e. The summed E-state index contributed by atoms with van der Waals surface area (Å²) in [6.45, 7) is 9.46. The van der Waals surface area contributed by atoms with Crippen molar-refractivity contribution in [2.45, 2.75) is 59.2 Å². The smallest absolute Gasteiger partial charge is 0.306 e. The lowest BCUT2D eigenvalue weighted by Crippen LogP contribution is -2.24. The van der Waals surface area contributed by atoms with Crippen LogP contribution in [0, 0.1) is 0 Å². The van der Waals surface area contributed by atoms with E-state index in [4.69, 9.17) is 25.6 Å². The Labute approximate surface area is 187 Å². The number of nitrogens with zero attached hydrogens (tertiary/aromatic N) is 2. The maximum absolute atomic E-state index is 12.0. The quantitative estimate of drug-likeness (QED) is 0.410. The van der Waals surface area contributed by atoms with Gasteiger partial charge in [0.05, 0.1) is 11.1 Å². The van der Waals surface area contributed by atoms with Crippen LogP contribution < -0.4 is 4.74 Å². The number of hydrogen-bond donors (Lipinski definition) is 0. The van der Waals surface area contributed by atoms with Crippen LogP contribution in [0.15, 0.2) is 47.0 Å². The third kappa shape index (κ3) is 6.56. The predicted octanol–water partition coefficient (Wildman–Crippen LogP) is 6.12. The molecule has 0 spiro atoms. The monoisotopic (exact) mass is 442 g/mol. The molecule has 31 heavy (non-hydrogen) atoms. The molecule has 2 aromatic carbocycles. The first-order chi connectivity index (χ1) is 14.6. The zero-order valence-corrected chi connectivity index (χ0v) is 19.2. The zero-order chi connectivity index (χ0) is 22.6. The van der Waals surface area contributed by atoms with Crippen molar-refractivity contribution in [2.24, 2.45) is 0 Å². The van der Waals surface area contributed by atoms with Crippen LogP contribution in [0.4, 0.5) is 0 Å². The van der Waals surface area contributed by atoms with Crippen molar-refractivity contribution in [1.82, 2.24) is 10.1 Å². The molecule has 0 aliphatic rings. The number of carbonyl (C=O) groups is 1. The van der Waals surface area contributed by atoms with E-state index in [0.29, 0.717) is 40.9 Å². The number of aromatic nitrogens is 2. The van der Waals surface area contributed by atoms with Crippen molar-refractivity contribution in [3.8, 4) is 28.6 Å². The molecule has 0 aliphatic heterocycles. The number of carbonyl (C=O) groups excluding carboxylic acids is 1. The summed E-state index contributed by atoms with van der Waals surface area (Å²) in [7, 11) is 0. The van der Waals surface area contributed by atoms with Crippen molar-refractivity contribution < 1.29 is 18.8 Å². The van der Waals surface area contributed by atoms with Crippen LogP contribution in [0.3, 0.4) is 0 Å². The largest absolute Gasteiger partial charge is 0.489 e. The van der Waals surface area contributed by atoms with E-state index in [0.717, 1.165) is 11.1 Å². The van der Waals surface area contributed by atoms with Crippen molar-refractivity contribution >= 4 is 17.6 Å². The highest BCUT2D eigenvalue weighted by Gasteiger charge is 2.17. The molecule has 0 N–H and O–H groups in total. The average molecular weight is 443 g/mol. The van der Waals surface area contributed by atoms with Gasteiger partial charge in [0, 0.05) is 17.5 Å². The Morgan fingerprint density at radius 3 is 2.58 bits per heavy atom. The van der Waals surface area contributed by atoms with E-state index < -0.39 is 5.60 Å². The third-order valence-electron chi connectivity index (χ3n) is 4.19. The van der Waals surface area contributed by atoms with Gasteiger partial charge in [0.25, 0.3) is 5.89 Å². The van der Waals surface area contributed by atoms with Gasteiger partial charge in [-0.25, -0.2) is 0 Å². The number of halogens is 1. The van der Waals surface area contributed by atoms with Gasteiger partial charge in [-0.2, -0.15) is 4.98 Å². The highest BCUT2D eigenvalue weighted by atomic mass is 35.5. The van der Waals surface area contributed by atoms with E-state index in [2.05, 4.69) is 10.1 Å². The van der Waals surface area contributed by atoms with Crippen LogP contribution in [-0.2, 0) is 16.0 Å². The van der Waals surface area contributed by atoms with Crippen molar-refractivity contribution in [1.29, 1.82) is 0 Å². The van der Waals surface area contributed by atoms with Gasteiger partial charge in [0.15, 0.2) is 0 Å². The lowest BCUT2D eigenvalue weighted by atomic mass is 10.1. The molecule has 0 saturated heterocycles. The highest BCUT2D eigenvalue weighted by Crippen LogP contribution is 2.31. The van der Waals surface area contributed by atoms with Crippen LogP contribution >= 0.6 is 11.6 Å². The molecule has 0 fully saturated rings. The molecule has 0 unspecified atom stereocenters. The molecule has 1 heterocycles. The van der Waals surface area contributed by atoms with Gasteiger partial charge in [0.2, 0.25) is 5.82 Å². The summed E-state index contributed by atoms with van der Waals surface area (Å²) in [5, 5.41) is 4.58. The second-order valence-corrected chi connectivity index (χ2v) is 8.93. The summed E-state index contributed by atoms with van der Waals surface area (Å²) >= 11 is 6.32. The van der Waals surface area contributed by atoms with Gasteiger partial charge in [0.1, 0.15) is 11.4 Å². The van der Waals surface area contributed by atoms with Gasteiger partial charge in [-0.1, -0.05) is 35.0 Å². The second-order valence-electron chi connectivity index (χ2n) is 8.52. The van der Waals surface area contributed by atoms with E-state index in [1.807, 2.05) is 65.0 Å². The fourth-order valence-corrected chi connectivity index (χ4v) is 3.17. The van der Waals surface area contributed by atoms with E-state index in [1.165, 1.54) is 0 Å². The van der Waals surface area contributed by atoms with Crippen LogP contribution in [0.25, 0.3) is 22.8 Å². The van der Waals surface area contributed by atoms with E-state index in [-0.39, 0.29) is 12.1 Å². The fourth-order valence-electron chi connectivity index (χ4n) is 2.95. The maximum atomic E-state index is 12.0. The molecule has 3 aromatic rings. The number of rotatable bonds is 7. The number of aryl methyl sites for hydroxylation is 1. The molecule has 0 radical (unpaired) electrons. The van der Waals surface area contributed by atoms with Gasteiger partial charge < -0.3 is 14.0 Å². The molecule has 0 bridgehead atoms. The van der Waals surface area contributed by atoms with Gasteiger partial charge >= 0.3 is 5.97 Å². The lowest BCUT2D eigenvalue weighted by Gasteiger charge is -2.19. The molecule has 0 atom stereocenters. The van der Waals surface area contributed by atoms with Crippen LogP contribution in [0.5, 0.6) is 5.75 Å². The first kappa shape index (κ1) is 22.8. The Morgan fingerprint density at radius 2 is 1.90 bits per heavy atom. The average Bonchev–Trinajstić information content (AvgIpc) is 3.17. The molecule has 7 heteroatoms. The van der Waals surface area contributed by atoms with Crippen LogP contribution in [0.2, 0.25) is 5.02 Å². The first-order valence-electron chi connectivity index (χ1n) is 10.2. The molecule has 0 amide bonds. The fraction of sp³-hybridized carbons (Fsp3) is 0.375. The number of benzene rings is 2. The third-order valence-corrected chi connectivity index (χ3v) is 4.49. The van der Waals surface area contributed by atoms with E-state index in [1.54, 1.807) is 12.1 Å². The molecule has 1 aromatic heterocycles. The number of esters is 1. The minimum absolute atomic E-state index is 0.0287. The van der Waals surface area contributed by atoms with E-state index >= 15 is 0 Å². The Hall–Kier alpha value is -2.86. The summed E-state index contributed by atoms with van der Waals surface area (Å²) in [5.74, 6) is 1.22. The summed E-state index contributed by atoms with van der Waals surface area (Å²) < 4.78 is 16.5. The molecule has 6 nitrogen and oxygen atoms in total. The molecule has 0 saturated carbocycles. The molecular weight excluding hydrogens is 416 g/mol. The van der Waals surface area contributed by atoms with E-state index in [9.17, 15) is 4.79 Å². The minimum atomic E-state index is -0.484. The number of hydrogen-bond acceptors (Lipinski definition) is 6. The van der Waals surface area contributed by atoms with Crippen LogP contribution in [0.1, 0.15) is 46.6 Å². The Bertz CT molecular complexity index is 1050. The van der Waals surface area contributed by atoms with Crippen molar-refractivity contribution in [3.05, 3.63) is 53.1 Å². The summed E-state index contributed by atoms with van der Waals surface area (Å²) in [4.78, 5) is 16.5. The Morgan fingerprint density at radius 1 is 1.13 bits per heavy atom. The predicted molar refractivity (Wildman–Crippen MR) is 120 cm³/mol. The second kappa shape index (κ2) is 9.52. The summed E-state index contributed by atoms with van der Waals surface area (Å²) in [6.07, 6.45) is 0.906. The van der Waals surface area contributed by atoms with Crippen molar-refractivity contribution in [2.75, 3.05) is 0 Å². The highest BCUT2D eigenvalue weighted by molar-refractivity contribution is 6.32. The summed E-state index contributed by atoms with van der Waals surface area (Å²) in [6, 6.07) is 13.1. The molecular formula is C24H27ClN2O4. The van der Waals surface area contributed by atoms with Gasteiger partial charge in [-0.3, -0.25) is 4.79 Å². The standard InChI is InChI=1S/C24H27ClN2O4/c1-15(2)29-20-11-10-18(14-19(20)25)23-26-22(27-31-23)17-8-6-7-16(13-17)9-12-21(28)30-24(3,4)5/h6-8,10-11,13-15H,9,12H2,1-5H3. The number of ether oxygens (including phenoxy) is 2.